The normalized spacial score (nSPS) is 10.6. The van der Waals surface area contributed by atoms with Crippen molar-refractivity contribution in [3.8, 4) is 11.8 Å². The molecule has 0 radical (unpaired) electrons. The Labute approximate surface area is 135 Å². The first-order chi connectivity index (χ1) is 11.0. The second-order valence-corrected chi connectivity index (χ2v) is 5.49. The number of carbonyl (C=O) groups excluding carboxylic acids is 1. The van der Waals surface area contributed by atoms with Crippen LogP contribution in [0.5, 0.6) is 0 Å². The number of carbonyl (C=O) groups is 1. The van der Waals surface area contributed by atoms with Crippen LogP contribution in [0.3, 0.4) is 0 Å². The van der Waals surface area contributed by atoms with Crippen LogP contribution in [0.4, 0.5) is 18.0 Å². The third kappa shape index (κ3) is 5.34. The number of hydrogen-bond acceptors (Lipinski definition) is 2. The summed E-state index contributed by atoms with van der Waals surface area (Å²) in [5.74, 6) is 4.95. The number of alkyl halides is 3. The highest BCUT2D eigenvalue weighted by Crippen LogP contribution is 2.31. The fraction of sp³-hybridized carbons (Fsp3) is 0.188. The topological polar surface area (TPSA) is 41.1 Å². The van der Waals surface area contributed by atoms with E-state index in [1.165, 1.54) is 29.5 Å². The molecule has 1 aromatic carbocycles. The average molecular weight is 338 g/mol. The second-order valence-electron chi connectivity index (χ2n) is 4.46. The van der Waals surface area contributed by atoms with Crippen molar-refractivity contribution in [2.75, 3.05) is 6.54 Å². The number of thiophene rings is 1. The second kappa shape index (κ2) is 7.70. The Morgan fingerprint density at radius 1 is 1.13 bits per heavy atom. The average Bonchev–Trinajstić information content (AvgIpc) is 3.02. The van der Waals surface area contributed by atoms with Gasteiger partial charge in [0.1, 0.15) is 0 Å². The van der Waals surface area contributed by atoms with Crippen LogP contribution in [0.2, 0.25) is 0 Å². The lowest BCUT2D eigenvalue weighted by Gasteiger charge is -2.08. The molecule has 0 atom stereocenters. The van der Waals surface area contributed by atoms with Gasteiger partial charge in [-0.1, -0.05) is 30.0 Å². The lowest BCUT2D eigenvalue weighted by molar-refractivity contribution is -0.137. The van der Waals surface area contributed by atoms with Crippen LogP contribution in [0, 0.1) is 11.8 Å². The molecule has 2 N–H and O–H groups in total. The molecule has 0 aliphatic rings. The van der Waals surface area contributed by atoms with E-state index < -0.39 is 17.8 Å². The minimum Gasteiger partial charge on any atom is -0.333 e. The molecule has 2 rings (SSSR count). The summed E-state index contributed by atoms with van der Waals surface area (Å²) in [6.45, 7) is 0.357. The third-order valence-electron chi connectivity index (χ3n) is 2.80. The summed E-state index contributed by atoms with van der Waals surface area (Å²) in [6, 6.07) is 8.42. The van der Waals surface area contributed by atoms with Crippen LogP contribution in [-0.2, 0) is 12.7 Å². The monoisotopic (exact) mass is 338 g/mol. The van der Waals surface area contributed by atoms with Gasteiger partial charge in [-0.3, -0.25) is 0 Å². The van der Waals surface area contributed by atoms with Gasteiger partial charge in [0.2, 0.25) is 0 Å². The molecule has 7 heteroatoms. The summed E-state index contributed by atoms with van der Waals surface area (Å²) >= 11 is 1.52. The van der Waals surface area contributed by atoms with Crippen molar-refractivity contribution >= 4 is 17.4 Å². The SMILES string of the molecule is O=C(NCC#Cc1ccccc1C(F)(F)F)NCc1cccs1. The summed E-state index contributed by atoms with van der Waals surface area (Å²) in [7, 11) is 0. The van der Waals surface area contributed by atoms with Crippen LogP contribution in [0.1, 0.15) is 16.0 Å². The van der Waals surface area contributed by atoms with Gasteiger partial charge in [0, 0.05) is 10.4 Å². The van der Waals surface area contributed by atoms with Crippen molar-refractivity contribution in [3.63, 3.8) is 0 Å². The lowest BCUT2D eigenvalue weighted by Crippen LogP contribution is -2.34. The molecule has 1 heterocycles. The molecule has 0 saturated heterocycles. The summed E-state index contributed by atoms with van der Waals surface area (Å²) in [5.41, 5.74) is -0.893. The fourth-order valence-electron chi connectivity index (χ4n) is 1.75. The predicted octanol–water partition coefficient (Wildman–Crippen LogP) is 3.62. The smallest absolute Gasteiger partial charge is 0.333 e. The Bertz CT molecular complexity index is 715. The van der Waals surface area contributed by atoms with E-state index >= 15 is 0 Å². The molecule has 2 amide bonds. The van der Waals surface area contributed by atoms with E-state index in [4.69, 9.17) is 0 Å². The Morgan fingerprint density at radius 2 is 1.91 bits per heavy atom. The molecule has 0 bridgehead atoms. The van der Waals surface area contributed by atoms with Gasteiger partial charge in [-0.2, -0.15) is 13.2 Å². The van der Waals surface area contributed by atoms with E-state index in [9.17, 15) is 18.0 Å². The van der Waals surface area contributed by atoms with Gasteiger partial charge in [0.25, 0.3) is 0 Å². The zero-order chi connectivity index (χ0) is 16.7. The summed E-state index contributed by atoms with van der Waals surface area (Å²) < 4.78 is 38.3. The molecule has 0 fully saturated rings. The lowest BCUT2D eigenvalue weighted by atomic mass is 10.1. The van der Waals surface area contributed by atoms with Crippen LogP contribution in [0.25, 0.3) is 0 Å². The molecular weight excluding hydrogens is 325 g/mol. The molecule has 0 saturated carbocycles. The molecule has 0 aliphatic heterocycles. The van der Waals surface area contributed by atoms with Crippen molar-refractivity contribution in [3.05, 3.63) is 57.8 Å². The zero-order valence-corrected chi connectivity index (χ0v) is 12.7. The highest BCUT2D eigenvalue weighted by molar-refractivity contribution is 7.09. The Morgan fingerprint density at radius 3 is 2.61 bits per heavy atom. The molecule has 0 unspecified atom stereocenters. The van der Waals surface area contributed by atoms with Crippen LogP contribution in [-0.4, -0.2) is 12.6 Å². The summed E-state index contributed by atoms with van der Waals surface area (Å²) in [5, 5.41) is 7.01. The highest BCUT2D eigenvalue weighted by Gasteiger charge is 2.32. The zero-order valence-electron chi connectivity index (χ0n) is 11.9. The van der Waals surface area contributed by atoms with Gasteiger partial charge in [-0.25, -0.2) is 4.79 Å². The van der Waals surface area contributed by atoms with E-state index in [0.717, 1.165) is 10.9 Å². The maximum Gasteiger partial charge on any atom is 0.417 e. The molecule has 23 heavy (non-hydrogen) atoms. The molecule has 0 aliphatic carbocycles. The van der Waals surface area contributed by atoms with Crippen molar-refractivity contribution in [2.24, 2.45) is 0 Å². The highest BCUT2D eigenvalue weighted by atomic mass is 32.1. The number of urea groups is 1. The molecule has 1 aromatic heterocycles. The minimum atomic E-state index is -4.45. The Kier molecular flexibility index (Phi) is 5.66. The number of rotatable bonds is 3. The van der Waals surface area contributed by atoms with E-state index in [-0.39, 0.29) is 12.1 Å². The van der Waals surface area contributed by atoms with Gasteiger partial charge in [-0.05, 0) is 23.6 Å². The van der Waals surface area contributed by atoms with E-state index in [0.29, 0.717) is 6.54 Å². The van der Waals surface area contributed by atoms with Gasteiger partial charge < -0.3 is 10.6 Å². The number of nitrogens with one attached hydrogen (secondary N) is 2. The number of halogens is 3. The number of amides is 2. The molecule has 3 nitrogen and oxygen atoms in total. The van der Waals surface area contributed by atoms with Crippen LogP contribution < -0.4 is 10.6 Å². The molecule has 0 spiro atoms. The van der Waals surface area contributed by atoms with Crippen molar-refractivity contribution in [1.82, 2.24) is 10.6 Å². The standard InChI is InChI=1S/C16H13F3N2OS/c17-16(18,19)14-8-2-1-5-12(14)6-3-9-20-15(22)21-11-13-7-4-10-23-13/h1-2,4-5,7-8,10H,9,11H2,(H2,20,21,22). The largest absolute Gasteiger partial charge is 0.417 e. The third-order valence-corrected chi connectivity index (χ3v) is 3.67. The molecule has 2 aromatic rings. The summed E-state index contributed by atoms with van der Waals surface area (Å²) in [6.07, 6.45) is -4.45. The van der Waals surface area contributed by atoms with Crippen molar-refractivity contribution < 1.29 is 18.0 Å². The maximum absolute atomic E-state index is 12.8. The van der Waals surface area contributed by atoms with Gasteiger partial charge >= 0.3 is 12.2 Å². The Hall–Kier alpha value is -2.46. The molecule has 120 valence electrons. The minimum absolute atomic E-state index is 0.0392. The summed E-state index contributed by atoms with van der Waals surface area (Å²) in [4.78, 5) is 12.5. The fourth-order valence-corrected chi connectivity index (χ4v) is 2.39. The van der Waals surface area contributed by atoms with E-state index in [1.54, 1.807) is 0 Å². The maximum atomic E-state index is 12.8. The van der Waals surface area contributed by atoms with Crippen LogP contribution in [0.15, 0.2) is 41.8 Å². The van der Waals surface area contributed by atoms with Gasteiger partial charge in [0.05, 0.1) is 18.7 Å². The van der Waals surface area contributed by atoms with Crippen molar-refractivity contribution in [1.29, 1.82) is 0 Å². The quantitative estimate of drug-likeness (QED) is 0.825. The van der Waals surface area contributed by atoms with E-state index in [2.05, 4.69) is 22.5 Å². The number of hydrogen-bond donors (Lipinski definition) is 2. The number of benzene rings is 1. The first-order valence-electron chi connectivity index (χ1n) is 6.66. The predicted molar refractivity (Wildman–Crippen MR) is 82.9 cm³/mol. The van der Waals surface area contributed by atoms with E-state index in [1.807, 2.05) is 17.5 Å². The van der Waals surface area contributed by atoms with Crippen molar-refractivity contribution in [2.45, 2.75) is 12.7 Å². The Balaban J connectivity index is 1.85. The van der Waals surface area contributed by atoms with Gasteiger partial charge in [-0.15, -0.1) is 11.3 Å². The van der Waals surface area contributed by atoms with Crippen LogP contribution >= 0.6 is 11.3 Å². The van der Waals surface area contributed by atoms with Gasteiger partial charge in [0.15, 0.2) is 0 Å². The first-order valence-corrected chi connectivity index (χ1v) is 7.54. The first kappa shape index (κ1) is 16.9. The molecular formula is C16H13F3N2OS.